The number of halogens is 1. The summed E-state index contributed by atoms with van der Waals surface area (Å²) in [5.41, 5.74) is 4.82. The third kappa shape index (κ3) is 1.87. The molecule has 90 valence electrons. The molecule has 0 fully saturated rings. The first-order chi connectivity index (χ1) is 8.63. The number of hydrogen-bond acceptors (Lipinski definition) is 2. The molecule has 4 heteroatoms. The second-order valence-electron chi connectivity index (χ2n) is 4.43. The van der Waals surface area contributed by atoms with E-state index < -0.39 is 0 Å². The van der Waals surface area contributed by atoms with E-state index >= 15 is 0 Å². The number of aryl methyl sites for hydroxylation is 2. The van der Waals surface area contributed by atoms with Gasteiger partial charge in [-0.2, -0.15) is 0 Å². The zero-order valence-electron chi connectivity index (χ0n) is 10.2. The molecule has 0 aliphatic carbocycles. The van der Waals surface area contributed by atoms with Crippen LogP contribution < -0.4 is 0 Å². The van der Waals surface area contributed by atoms with Gasteiger partial charge in [-0.05, 0) is 37.1 Å². The van der Waals surface area contributed by atoms with E-state index in [2.05, 4.69) is 15.0 Å². The van der Waals surface area contributed by atoms with Crippen molar-refractivity contribution >= 4 is 22.8 Å². The highest BCUT2D eigenvalue weighted by Gasteiger charge is 2.07. The van der Waals surface area contributed by atoms with Crippen molar-refractivity contribution in [2.45, 2.75) is 13.8 Å². The van der Waals surface area contributed by atoms with Gasteiger partial charge >= 0.3 is 0 Å². The van der Waals surface area contributed by atoms with Crippen LogP contribution in [0.25, 0.3) is 22.6 Å². The van der Waals surface area contributed by atoms with Crippen molar-refractivity contribution in [1.29, 1.82) is 0 Å². The molecule has 0 saturated carbocycles. The smallest absolute Gasteiger partial charge is 0.178 e. The van der Waals surface area contributed by atoms with Gasteiger partial charge in [0.2, 0.25) is 0 Å². The Morgan fingerprint density at radius 3 is 2.78 bits per heavy atom. The van der Waals surface area contributed by atoms with Crippen LogP contribution in [0.2, 0.25) is 5.02 Å². The number of fused-ring (bicyclic) bond motifs is 1. The minimum absolute atomic E-state index is 0.729. The lowest BCUT2D eigenvalue weighted by Gasteiger charge is -2.00. The lowest BCUT2D eigenvalue weighted by Crippen LogP contribution is -1.82. The number of pyridine rings is 1. The average Bonchev–Trinajstić information content (AvgIpc) is 2.75. The van der Waals surface area contributed by atoms with E-state index in [1.165, 1.54) is 0 Å². The molecule has 1 aromatic carbocycles. The summed E-state index contributed by atoms with van der Waals surface area (Å²) in [4.78, 5) is 12.0. The molecule has 0 aliphatic rings. The number of aromatic nitrogens is 3. The molecule has 18 heavy (non-hydrogen) atoms. The van der Waals surface area contributed by atoms with Crippen molar-refractivity contribution < 1.29 is 0 Å². The van der Waals surface area contributed by atoms with Gasteiger partial charge in [-0.3, -0.25) is 0 Å². The predicted molar refractivity (Wildman–Crippen MR) is 73.8 cm³/mol. The van der Waals surface area contributed by atoms with E-state index in [1.807, 2.05) is 44.3 Å². The lowest BCUT2D eigenvalue weighted by molar-refractivity contribution is 1.28. The topological polar surface area (TPSA) is 41.6 Å². The number of rotatable bonds is 1. The molecule has 0 unspecified atom stereocenters. The summed E-state index contributed by atoms with van der Waals surface area (Å²) in [6, 6.07) is 7.95. The maximum atomic E-state index is 6.13. The zero-order valence-corrected chi connectivity index (χ0v) is 10.9. The number of imidazole rings is 1. The van der Waals surface area contributed by atoms with Crippen LogP contribution in [0, 0.1) is 13.8 Å². The van der Waals surface area contributed by atoms with Gasteiger partial charge < -0.3 is 4.98 Å². The minimum Gasteiger partial charge on any atom is -0.337 e. The van der Waals surface area contributed by atoms with E-state index in [0.717, 1.165) is 38.7 Å². The van der Waals surface area contributed by atoms with Gasteiger partial charge in [0.25, 0.3) is 0 Å². The molecule has 2 aromatic heterocycles. The van der Waals surface area contributed by atoms with Gasteiger partial charge in [-0.15, -0.1) is 0 Å². The fourth-order valence-electron chi connectivity index (χ4n) is 1.88. The average molecular weight is 258 g/mol. The first kappa shape index (κ1) is 11.2. The summed E-state index contributed by atoms with van der Waals surface area (Å²) in [5, 5.41) is 0.747. The molecular formula is C14H12ClN3. The highest BCUT2D eigenvalue weighted by molar-refractivity contribution is 6.31. The zero-order chi connectivity index (χ0) is 12.7. The number of aromatic amines is 1. The van der Waals surface area contributed by atoms with Crippen molar-refractivity contribution in [1.82, 2.24) is 15.0 Å². The minimum atomic E-state index is 0.729. The van der Waals surface area contributed by atoms with Crippen LogP contribution in [-0.2, 0) is 0 Å². The summed E-state index contributed by atoms with van der Waals surface area (Å²) in [5.74, 6) is 0.796. The Labute approximate surface area is 110 Å². The number of H-pyrrole nitrogens is 1. The third-order valence-electron chi connectivity index (χ3n) is 2.92. The highest BCUT2D eigenvalue weighted by atomic mass is 35.5. The van der Waals surface area contributed by atoms with E-state index in [4.69, 9.17) is 11.6 Å². The van der Waals surface area contributed by atoms with E-state index in [1.54, 1.807) is 0 Å². The molecule has 1 N–H and O–H groups in total. The Hall–Kier alpha value is -1.87. The van der Waals surface area contributed by atoms with Crippen LogP contribution >= 0.6 is 11.6 Å². The molecule has 2 heterocycles. The summed E-state index contributed by atoms with van der Waals surface area (Å²) < 4.78 is 0. The monoisotopic (exact) mass is 257 g/mol. The van der Waals surface area contributed by atoms with Gasteiger partial charge in [0.15, 0.2) is 5.65 Å². The molecule has 0 spiro atoms. The van der Waals surface area contributed by atoms with Crippen molar-refractivity contribution in [2.24, 2.45) is 0 Å². The molecule has 3 rings (SSSR count). The maximum absolute atomic E-state index is 6.13. The second kappa shape index (κ2) is 4.10. The molecule has 0 atom stereocenters. The fourth-order valence-corrected chi connectivity index (χ4v) is 2.06. The summed E-state index contributed by atoms with van der Waals surface area (Å²) in [6.07, 6.45) is 1.81. The number of nitrogens with one attached hydrogen (secondary N) is 1. The predicted octanol–water partition coefficient (Wildman–Crippen LogP) is 3.90. The lowest BCUT2D eigenvalue weighted by atomic mass is 10.1. The molecule has 0 saturated heterocycles. The Balaban J connectivity index is 2.16. The molecule has 0 amide bonds. The normalized spacial score (nSPS) is 11.1. The van der Waals surface area contributed by atoms with Crippen molar-refractivity contribution in [3.8, 4) is 11.4 Å². The van der Waals surface area contributed by atoms with Crippen molar-refractivity contribution in [3.05, 3.63) is 46.6 Å². The molecule has 0 bridgehead atoms. The molecule has 0 radical (unpaired) electrons. The summed E-state index contributed by atoms with van der Waals surface area (Å²) in [7, 11) is 0. The van der Waals surface area contributed by atoms with E-state index in [-0.39, 0.29) is 0 Å². The van der Waals surface area contributed by atoms with Gasteiger partial charge in [-0.1, -0.05) is 23.7 Å². The highest BCUT2D eigenvalue weighted by Crippen LogP contribution is 2.24. The summed E-state index contributed by atoms with van der Waals surface area (Å²) in [6.45, 7) is 3.99. The standard InChI is InChI=1S/C14H12ClN3/c1-8-5-12-14(16-7-8)18-13(17-12)10-4-3-9(2)11(15)6-10/h3-7H,1-2H3,(H,16,17,18). The first-order valence-electron chi connectivity index (χ1n) is 5.72. The Morgan fingerprint density at radius 1 is 1.17 bits per heavy atom. The summed E-state index contributed by atoms with van der Waals surface area (Å²) >= 11 is 6.13. The molecular weight excluding hydrogens is 246 g/mol. The van der Waals surface area contributed by atoms with Crippen LogP contribution in [0.15, 0.2) is 30.5 Å². The largest absolute Gasteiger partial charge is 0.337 e. The first-order valence-corrected chi connectivity index (χ1v) is 6.10. The van der Waals surface area contributed by atoms with Gasteiger partial charge in [0.05, 0.1) is 5.52 Å². The quantitative estimate of drug-likeness (QED) is 0.718. The Kier molecular flexibility index (Phi) is 2.56. The van der Waals surface area contributed by atoms with Crippen LogP contribution in [-0.4, -0.2) is 15.0 Å². The SMILES string of the molecule is Cc1cnc2nc(-c3ccc(C)c(Cl)c3)[nH]c2c1. The van der Waals surface area contributed by atoms with Crippen LogP contribution in [0.5, 0.6) is 0 Å². The van der Waals surface area contributed by atoms with Crippen molar-refractivity contribution in [2.75, 3.05) is 0 Å². The number of benzene rings is 1. The molecule has 3 aromatic rings. The number of nitrogens with zero attached hydrogens (tertiary/aromatic N) is 2. The van der Waals surface area contributed by atoms with Crippen LogP contribution in [0.3, 0.4) is 0 Å². The van der Waals surface area contributed by atoms with E-state index in [9.17, 15) is 0 Å². The Morgan fingerprint density at radius 2 is 2.00 bits per heavy atom. The molecule has 0 aliphatic heterocycles. The maximum Gasteiger partial charge on any atom is 0.178 e. The second-order valence-corrected chi connectivity index (χ2v) is 4.84. The van der Waals surface area contributed by atoms with Gasteiger partial charge in [0, 0.05) is 16.8 Å². The van der Waals surface area contributed by atoms with E-state index in [0.29, 0.717) is 0 Å². The third-order valence-corrected chi connectivity index (χ3v) is 3.33. The Bertz CT molecular complexity index is 731. The van der Waals surface area contributed by atoms with Gasteiger partial charge in [-0.25, -0.2) is 9.97 Å². The van der Waals surface area contributed by atoms with Crippen molar-refractivity contribution in [3.63, 3.8) is 0 Å². The molecule has 3 nitrogen and oxygen atoms in total. The fraction of sp³-hybridized carbons (Fsp3) is 0.143. The van der Waals surface area contributed by atoms with Gasteiger partial charge in [0.1, 0.15) is 5.82 Å². The van der Waals surface area contributed by atoms with Crippen LogP contribution in [0.4, 0.5) is 0 Å². The number of hydrogen-bond donors (Lipinski definition) is 1. The van der Waals surface area contributed by atoms with Crippen LogP contribution in [0.1, 0.15) is 11.1 Å².